The van der Waals surface area contributed by atoms with E-state index in [9.17, 15) is 4.79 Å². The molecule has 1 N–H and O–H groups in total. The van der Waals surface area contributed by atoms with E-state index in [0.717, 1.165) is 25.1 Å². The number of hydrogen-bond donors (Lipinski definition) is 1. The lowest BCUT2D eigenvalue weighted by atomic mass is 9.89. The molecule has 114 valence electrons. The van der Waals surface area contributed by atoms with Gasteiger partial charge in [0.1, 0.15) is 0 Å². The summed E-state index contributed by atoms with van der Waals surface area (Å²) < 4.78 is 5.85. The van der Waals surface area contributed by atoms with Crippen LogP contribution in [0.5, 0.6) is 0 Å². The maximum Gasteiger partial charge on any atom is 0.257 e. The van der Waals surface area contributed by atoms with Gasteiger partial charge in [0, 0.05) is 25.5 Å². The van der Waals surface area contributed by atoms with Crippen LogP contribution >= 0.6 is 0 Å². The Bertz CT molecular complexity index is 504. The fourth-order valence-electron chi connectivity index (χ4n) is 3.41. The Kier molecular flexibility index (Phi) is 4.39. The molecule has 5 heteroatoms. The molecule has 2 heterocycles. The first-order valence-corrected chi connectivity index (χ1v) is 7.91. The van der Waals surface area contributed by atoms with Gasteiger partial charge in [0.25, 0.3) is 5.91 Å². The number of nitrogens with one attached hydrogen (secondary N) is 1. The summed E-state index contributed by atoms with van der Waals surface area (Å²) in [6.07, 6.45) is 8.12. The minimum Gasteiger partial charge on any atom is -0.385 e. The molecule has 0 radical (unpaired) electrons. The summed E-state index contributed by atoms with van der Waals surface area (Å²) in [5, 5.41) is 3.25. The van der Waals surface area contributed by atoms with Gasteiger partial charge < -0.3 is 15.0 Å². The van der Waals surface area contributed by atoms with Crippen LogP contribution in [0.3, 0.4) is 0 Å². The Hall–Kier alpha value is -1.62. The highest BCUT2D eigenvalue weighted by Crippen LogP contribution is 2.30. The molecule has 2 fully saturated rings. The summed E-state index contributed by atoms with van der Waals surface area (Å²) in [6, 6.07) is 2.10. The van der Waals surface area contributed by atoms with E-state index in [2.05, 4.69) is 10.3 Å². The van der Waals surface area contributed by atoms with Crippen molar-refractivity contribution in [3.05, 3.63) is 24.0 Å². The fraction of sp³-hybridized carbons (Fsp3) is 0.625. The number of ether oxygens (including phenoxy) is 1. The van der Waals surface area contributed by atoms with E-state index < -0.39 is 0 Å². The van der Waals surface area contributed by atoms with Gasteiger partial charge in [0.2, 0.25) is 0 Å². The van der Waals surface area contributed by atoms with Crippen molar-refractivity contribution in [2.24, 2.45) is 0 Å². The SMILES string of the molecule is CCNc1ccncc1C(=O)N1CCOC2CCCCC21. The van der Waals surface area contributed by atoms with Gasteiger partial charge in [-0.25, -0.2) is 0 Å². The molecular weight excluding hydrogens is 266 g/mol. The Balaban J connectivity index is 1.83. The predicted molar refractivity (Wildman–Crippen MR) is 81.4 cm³/mol. The van der Waals surface area contributed by atoms with Crippen LogP contribution in [-0.4, -0.2) is 47.6 Å². The van der Waals surface area contributed by atoms with Crippen LogP contribution < -0.4 is 5.32 Å². The molecule has 2 aliphatic rings. The molecule has 1 aliphatic heterocycles. The molecule has 1 saturated heterocycles. The maximum atomic E-state index is 12.9. The molecule has 5 nitrogen and oxygen atoms in total. The standard InChI is InChI=1S/C16H23N3O2/c1-2-18-13-7-8-17-11-12(13)16(20)19-9-10-21-15-6-4-3-5-14(15)19/h7-8,11,14-15H,2-6,9-10H2,1H3,(H,17,18). The second-order valence-electron chi connectivity index (χ2n) is 5.71. The fourth-order valence-corrected chi connectivity index (χ4v) is 3.41. The van der Waals surface area contributed by atoms with E-state index >= 15 is 0 Å². The first-order valence-electron chi connectivity index (χ1n) is 7.91. The second-order valence-corrected chi connectivity index (χ2v) is 5.71. The van der Waals surface area contributed by atoms with Gasteiger partial charge in [0.05, 0.1) is 30.0 Å². The van der Waals surface area contributed by atoms with Crippen LogP contribution in [0.15, 0.2) is 18.5 Å². The maximum absolute atomic E-state index is 12.9. The van der Waals surface area contributed by atoms with Crippen molar-refractivity contribution in [3.63, 3.8) is 0 Å². The highest BCUT2D eigenvalue weighted by atomic mass is 16.5. The summed E-state index contributed by atoms with van der Waals surface area (Å²) in [5.41, 5.74) is 1.54. The van der Waals surface area contributed by atoms with E-state index in [0.29, 0.717) is 18.7 Å². The highest BCUT2D eigenvalue weighted by molar-refractivity contribution is 5.99. The lowest BCUT2D eigenvalue weighted by molar-refractivity contribution is -0.0752. The lowest BCUT2D eigenvalue weighted by Crippen LogP contribution is -2.54. The Morgan fingerprint density at radius 1 is 1.48 bits per heavy atom. The van der Waals surface area contributed by atoms with Gasteiger partial charge in [-0.1, -0.05) is 12.8 Å². The average Bonchev–Trinajstić information content (AvgIpc) is 2.54. The number of aromatic nitrogens is 1. The zero-order valence-corrected chi connectivity index (χ0v) is 12.5. The number of pyridine rings is 1. The van der Waals surface area contributed by atoms with Crippen molar-refractivity contribution in [1.29, 1.82) is 0 Å². The number of hydrogen-bond acceptors (Lipinski definition) is 4. The number of carbonyl (C=O) groups excluding carboxylic acids is 1. The molecule has 1 saturated carbocycles. The number of nitrogens with zero attached hydrogens (tertiary/aromatic N) is 2. The van der Waals surface area contributed by atoms with Crippen LogP contribution in [0.25, 0.3) is 0 Å². The normalized spacial score (nSPS) is 25.3. The van der Waals surface area contributed by atoms with Gasteiger partial charge in [-0.15, -0.1) is 0 Å². The quantitative estimate of drug-likeness (QED) is 0.927. The van der Waals surface area contributed by atoms with Crippen molar-refractivity contribution in [2.45, 2.75) is 44.8 Å². The Labute approximate surface area is 125 Å². The van der Waals surface area contributed by atoms with Gasteiger partial charge >= 0.3 is 0 Å². The molecule has 0 spiro atoms. The second kappa shape index (κ2) is 6.43. The summed E-state index contributed by atoms with van der Waals surface area (Å²) in [4.78, 5) is 19.1. The number of fused-ring (bicyclic) bond motifs is 1. The molecule has 0 aromatic carbocycles. The molecule has 1 aliphatic carbocycles. The predicted octanol–water partition coefficient (Wildman–Crippen LogP) is 2.30. The Morgan fingerprint density at radius 2 is 2.33 bits per heavy atom. The smallest absolute Gasteiger partial charge is 0.257 e. The van der Waals surface area contributed by atoms with Gasteiger partial charge in [-0.2, -0.15) is 0 Å². The summed E-state index contributed by atoms with van der Waals surface area (Å²) in [7, 11) is 0. The van der Waals surface area contributed by atoms with Crippen LogP contribution in [0, 0.1) is 0 Å². The van der Waals surface area contributed by atoms with Crippen molar-refractivity contribution >= 4 is 11.6 Å². The van der Waals surface area contributed by atoms with E-state index in [1.807, 2.05) is 17.9 Å². The van der Waals surface area contributed by atoms with E-state index in [1.165, 1.54) is 12.8 Å². The third-order valence-corrected chi connectivity index (χ3v) is 4.41. The molecule has 21 heavy (non-hydrogen) atoms. The van der Waals surface area contributed by atoms with Gasteiger partial charge in [-0.3, -0.25) is 9.78 Å². The number of rotatable bonds is 3. The van der Waals surface area contributed by atoms with Crippen molar-refractivity contribution < 1.29 is 9.53 Å². The third kappa shape index (κ3) is 2.88. The minimum absolute atomic E-state index is 0.0826. The monoisotopic (exact) mass is 289 g/mol. The summed E-state index contributed by atoms with van der Waals surface area (Å²) in [6.45, 7) is 4.14. The van der Waals surface area contributed by atoms with E-state index in [4.69, 9.17) is 4.74 Å². The van der Waals surface area contributed by atoms with E-state index in [1.54, 1.807) is 12.4 Å². The molecule has 3 rings (SSSR count). The molecule has 0 bridgehead atoms. The average molecular weight is 289 g/mol. The van der Waals surface area contributed by atoms with E-state index in [-0.39, 0.29) is 18.1 Å². The first kappa shape index (κ1) is 14.3. The number of anilines is 1. The summed E-state index contributed by atoms with van der Waals surface area (Å²) >= 11 is 0. The molecule has 1 amide bonds. The van der Waals surface area contributed by atoms with Crippen LogP contribution in [0.4, 0.5) is 5.69 Å². The van der Waals surface area contributed by atoms with Crippen LogP contribution in [0.2, 0.25) is 0 Å². The topological polar surface area (TPSA) is 54.5 Å². The summed E-state index contributed by atoms with van der Waals surface area (Å²) in [5.74, 6) is 0.0826. The van der Waals surface area contributed by atoms with Crippen LogP contribution in [0.1, 0.15) is 43.0 Å². The zero-order valence-electron chi connectivity index (χ0n) is 12.5. The number of morpholine rings is 1. The molecule has 1 aromatic rings. The van der Waals surface area contributed by atoms with Crippen molar-refractivity contribution in [1.82, 2.24) is 9.88 Å². The highest BCUT2D eigenvalue weighted by Gasteiger charge is 2.37. The first-order chi connectivity index (χ1) is 10.3. The molecule has 2 atom stereocenters. The minimum atomic E-state index is 0.0826. The molecule has 1 aromatic heterocycles. The van der Waals surface area contributed by atoms with Gasteiger partial charge in [0.15, 0.2) is 0 Å². The largest absolute Gasteiger partial charge is 0.385 e. The number of amides is 1. The van der Waals surface area contributed by atoms with Gasteiger partial charge in [-0.05, 0) is 25.8 Å². The molecule has 2 unspecified atom stereocenters. The van der Waals surface area contributed by atoms with Crippen LogP contribution in [-0.2, 0) is 4.74 Å². The zero-order chi connectivity index (χ0) is 14.7. The Morgan fingerprint density at radius 3 is 3.19 bits per heavy atom. The molecular formula is C16H23N3O2. The van der Waals surface area contributed by atoms with Crippen molar-refractivity contribution in [3.8, 4) is 0 Å². The third-order valence-electron chi connectivity index (χ3n) is 4.41. The number of carbonyl (C=O) groups is 1. The van der Waals surface area contributed by atoms with Crippen molar-refractivity contribution in [2.75, 3.05) is 25.0 Å². The lowest BCUT2D eigenvalue weighted by Gasteiger charge is -2.43.